The van der Waals surface area contributed by atoms with Crippen LogP contribution in [0.25, 0.3) is 0 Å². The van der Waals surface area contributed by atoms with E-state index in [2.05, 4.69) is 0 Å². The maximum atomic E-state index is 11.5. The molecule has 2 N–H and O–H groups in total. The molecule has 14 heavy (non-hydrogen) atoms. The fourth-order valence-corrected chi connectivity index (χ4v) is 1.49. The largest absolute Gasteiger partial charge is 0.369 e. The summed E-state index contributed by atoms with van der Waals surface area (Å²) in [7, 11) is 1.34. The second-order valence-corrected chi connectivity index (χ2v) is 3.45. The average Bonchev–Trinajstić information content (AvgIpc) is 2.29. The van der Waals surface area contributed by atoms with Crippen LogP contribution in [0.3, 0.4) is 0 Å². The van der Waals surface area contributed by atoms with Gasteiger partial charge in [-0.1, -0.05) is 5.57 Å². The number of carbonyl (C=O) groups is 3. The van der Waals surface area contributed by atoms with Crippen molar-refractivity contribution in [3.05, 3.63) is 11.1 Å². The predicted octanol–water partition coefficient (Wildman–Crippen LogP) is -0.577. The van der Waals surface area contributed by atoms with Gasteiger partial charge in [-0.15, -0.1) is 0 Å². The molecule has 0 aromatic rings. The second kappa shape index (κ2) is 3.25. The summed E-state index contributed by atoms with van der Waals surface area (Å²) in [5.74, 6) is -2.85. The molecule has 0 radical (unpaired) electrons. The van der Waals surface area contributed by atoms with E-state index in [4.69, 9.17) is 5.73 Å². The van der Waals surface area contributed by atoms with Crippen molar-refractivity contribution in [3.63, 3.8) is 0 Å². The summed E-state index contributed by atoms with van der Waals surface area (Å²) >= 11 is 0. The first-order valence-electron chi connectivity index (χ1n) is 4.16. The van der Waals surface area contributed by atoms with Gasteiger partial charge in [0, 0.05) is 12.6 Å². The Balaban J connectivity index is 3.29. The van der Waals surface area contributed by atoms with E-state index in [1.54, 1.807) is 13.8 Å². The summed E-state index contributed by atoms with van der Waals surface area (Å²) in [6.07, 6.45) is 0. The number of nitrogens with two attached hydrogens (primary N) is 1. The highest BCUT2D eigenvalue weighted by Crippen LogP contribution is 2.26. The van der Waals surface area contributed by atoms with Gasteiger partial charge in [-0.25, -0.2) is 0 Å². The second-order valence-electron chi connectivity index (χ2n) is 3.45. The molecule has 5 heteroatoms. The summed E-state index contributed by atoms with van der Waals surface area (Å²) in [4.78, 5) is 34.9. The smallest absolute Gasteiger partial charge is 0.257 e. The van der Waals surface area contributed by atoms with E-state index in [0.717, 1.165) is 4.90 Å². The first-order chi connectivity index (χ1) is 6.37. The summed E-state index contributed by atoms with van der Waals surface area (Å²) in [5, 5.41) is 0. The van der Waals surface area contributed by atoms with Gasteiger partial charge >= 0.3 is 0 Å². The molecule has 0 aliphatic carbocycles. The minimum absolute atomic E-state index is 0.213. The summed E-state index contributed by atoms with van der Waals surface area (Å²) < 4.78 is 0. The van der Waals surface area contributed by atoms with Crippen molar-refractivity contribution in [2.24, 2.45) is 11.7 Å². The third-order valence-corrected chi connectivity index (χ3v) is 2.22. The fourth-order valence-electron chi connectivity index (χ4n) is 1.49. The fraction of sp³-hybridized carbons (Fsp3) is 0.444. The van der Waals surface area contributed by atoms with Gasteiger partial charge in [0.1, 0.15) is 5.92 Å². The van der Waals surface area contributed by atoms with Crippen LogP contribution in [0.4, 0.5) is 0 Å². The Morgan fingerprint density at radius 1 is 1.36 bits per heavy atom. The molecular weight excluding hydrogens is 184 g/mol. The number of likely N-dealkylation sites (N-methyl/N-ethyl adjacent to an activating group) is 1. The van der Waals surface area contributed by atoms with E-state index in [1.807, 2.05) is 0 Å². The predicted molar refractivity (Wildman–Crippen MR) is 48.8 cm³/mol. The zero-order chi connectivity index (χ0) is 11.0. The van der Waals surface area contributed by atoms with Gasteiger partial charge in [0.15, 0.2) is 0 Å². The minimum atomic E-state index is -1.10. The Morgan fingerprint density at radius 3 is 2.14 bits per heavy atom. The summed E-state index contributed by atoms with van der Waals surface area (Å²) in [5.41, 5.74) is 5.93. The molecule has 1 saturated heterocycles. The molecule has 0 saturated carbocycles. The third-order valence-electron chi connectivity index (χ3n) is 2.22. The van der Waals surface area contributed by atoms with E-state index in [1.165, 1.54) is 7.05 Å². The molecule has 0 unspecified atom stereocenters. The lowest BCUT2D eigenvalue weighted by Crippen LogP contribution is -2.32. The molecule has 0 aromatic heterocycles. The lowest BCUT2D eigenvalue weighted by atomic mass is 9.97. The molecular formula is C9H12N2O3. The molecule has 76 valence electrons. The number of likely N-dealkylation sites (tertiary alicyclic amines) is 1. The third kappa shape index (κ3) is 1.30. The first-order valence-corrected chi connectivity index (χ1v) is 4.16. The van der Waals surface area contributed by atoms with E-state index in [0.29, 0.717) is 5.57 Å². The number of primary amides is 1. The van der Waals surface area contributed by atoms with Crippen LogP contribution >= 0.6 is 0 Å². The number of nitrogens with zero attached hydrogens (tertiary/aromatic N) is 1. The highest BCUT2D eigenvalue weighted by molar-refractivity contribution is 6.22. The van der Waals surface area contributed by atoms with Crippen LogP contribution in [0, 0.1) is 5.92 Å². The highest BCUT2D eigenvalue weighted by Gasteiger charge is 2.44. The van der Waals surface area contributed by atoms with Gasteiger partial charge in [-0.05, 0) is 13.8 Å². The van der Waals surface area contributed by atoms with Crippen molar-refractivity contribution in [2.45, 2.75) is 13.8 Å². The van der Waals surface area contributed by atoms with Crippen LogP contribution in [-0.2, 0) is 14.4 Å². The molecule has 1 fully saturated rings. The molecule has 1 heterocycles. The lowest BCUT2D eigenvalue weighted by Gasteiger charge is -2.04. The summed E-state index contributed by atoms with van der Waals surface area (Å²) in [6, 6.07) is 0. The van der Waals surface area contributed by atoms with E-state index < -0.39 is 23.6 Å². The van der Waals surface area contributed by atoms with Gasteiger partial charge < -0.3 is 5.73 Å². The van der Waals surface area contributed by atoms with Gasteiger partial charge in [0.2, 0.25) is 11.8 Å². The molecule has 3 amide bonds. The number of hydrogen-bond donors (Lipinski definition) is 1. The van der Waals surface area contributed by atoms with Crippen LogP contribution in [0.2, 0.25) is 0 Å². The Kier molecular flexibility index (Phi) is 2.42. The van der Waals surface area contributed by atoms with Crippen LogP contribution in [0.15, 0.2) is 11.1 Å². The monoisotopic (exact) mass is 196 g/mol. The van der Waals surface area contributed by atoms with Gasteiger partial charge in [-0.2, -0.15) is 0 Å². The van der Waals surface area contributed by atoms with Crippen molar-refractivity contribution in [2.75, 3.05) is 7.05 Å². The van der Waals surface area contributed by atoms with Gasteiger partial charge in [0.25, 0.3) is 5.91 Å². The number of rotatable bonds is 1. The van der Waals surface area contributed by atoms with Crippen LogP contribution in [0.1, 0.15) is 13.8 Å². The SMILES string of the molecule is CC(C)=C1C(=O)N(C)C(=O)[C@H]1C(N)=O. The maximum Gasteiger partial charge on any atom is 0.257 e. The summed E-state index contributed by atoms with van der Waals surface area (Å²) in [6.45, 7) is 3.35. The van der Waals surface area contributed by atoms with E-state index in [9.17, 15) is 14.4 Å². The molecule has 0 aromatic carbocycles. The lowest BCUT2D eigenvalue weighted by molar-refractivity contribution is -0.139. The molecule has 1 aliphatic heterocycles. The van der Waals surface area contributed by atoms with E-state index >= 15 is 0 Å². The zero-order valence-electron chi connectivity index (χ0n) is 8.33. The molecule has 5 nitrogen and oxygen atoms in total. The number of hydrogen-bond acceptors (Lipinski definition) is 3. The standard InChI is InChI=1S/C9H12N2O3/c1-4(2)5-6(7(10)12)9(14)11(3)8(5)13/h6H,1-3H3,(H2,10,12)/t6-/m1/s1. The van der Waals surface area contributed by atoms with Gasteiger partial charge in [0.05, 0.1) is 0 Å². The molecule has 1 rings (SSSR count). The molecule has 1 aliphatic rings. The normalized spacial score (nSPS) is 21.8. The zero-order valence-corrected chi connectivity index (χ0v) is 8.33. The Bertz CT molecular complexity index is 353. The van der Waals surface area contributed by atoms with Crippen molar-refractivity contribution in [3.8, 4) is 0 Å². The molecule has 0 spiro atoms. The first kappa shape index (κ1) is 10.4. The van der Waals surface area contributed by atoms with Crippen molar-refractivity contribution in [1.29, 1.82) is 0 Å². The van der Waals surface area contributed by atoms with Crippen LogP contribution in [-0.4, -0.2) is 29.7 Å². The molecule has 1 atom stereocenters. The van der Waals surface area contributed by atoms with Crippen molar-refractivity contribution >= 4 is 17.7 Å². The highest BCUT2D eigenvalue weighted by atomic mass is 16.2. The van der Waals surface area contributed by atoms with Crippen molar-refractivity contribution < 1.29 is 14.4 Å². The Hall–Kier alpha value is -1.65. The average molecular weight is 196 g/mol. The van der Waals surface area contributed by atoms with Crippen molar-refractivity contribution in [1.82, 2.24) is 4.90 Å². The van der Waals surface area contributed by atoms with Crippen LogP contribution < -0.4 is 5.73 Å². The number of allylic oxidation sites excluding steroid dienone is 1. The van der Waals surface area contributed by atoms with Crippen LogP contribution in [0.5, 0.6) is 0 Å². The number of amides is 3. The Labute approximate surface area is 81.5 Å². The van der Waals surface area contributed by atoms with E-state index in [-0.39, 0.29) is 5.57 Å². The quantitative estimate of drug-likeness (QED) is 0.346. The number of imide groups is 1. The maximum absolute atomic E-state index is 11.5. The molecule has 0 bridgehead atoms. The number of carbonyl (C=O) groups excluding carboxylic acids is 3. The van der Waals surface area contributed by atoms with Gasteiger partial charge in [-0.3, -0.25) is 19.3 Å². The Morgan fingerprint density at radius 2 is 1.86 bits per heavy atom. The minimum Gasteiger partial charge on any atom is -0.369 e. The topological polar surface area (TPSA) is 80.5 Å².